The molecule has 1 saturated heterocycles. The first kappa shape index (κ1) is 12.9. The molecular weight excluding hydrogens is 310 g/mol. The van der Waals surface area contributed by atoms with Crippen LogP contribution in [-0.4, -0.2) is 25.2 Å². The molecular formula is C14H16BrNO3. The predicted octanol–water partition coefficient (Wildman–Crippen LogP) is 2.18. The molecule has 2 heterocycles. The van der Waals surface area contributed by atoms with E-state index in [1.54, 1.807) is 0 Å². The maximum absolute atomic E-state index is 11.9. The SMILES string of the molecule is O=C(NCc1cc(Br)cc2c1OCC2)[C@@H]1CCCO1. The smallest absolute Gasteiger partial charge is 0.249 e. The van der Waals surface area contributed by atoms with E-state index >= 15 is 0 Å². The first-order valence-electron chi connectivity index (χ1n) is 6.57. The molecule has 1 atom stereocenters. The van der Waals surface area contributed by atoms with Crippen molar-refractivity contribution >= 4 is 21.8 Å². The van der Waals surface area contributed by atoms with E-state index in [1.807, 2.05) is 6.07 Å². The Bertz CT molecular complexity index is 498. The van der Waals surface area contributed by atoms with Crippen LogP contribution >= 0.6 is 15.9 Å². The van der Waals surface area contributed by atoms with Crippen LogP contribution in [0.25, 0.3) is 0 Å². The van der Waals surface area contributed by atoms with Gasteiger partial charge < -0.3 is 14.8 Å². The number of amides is 1. The van der Waals surface area contributed by atoms with E-state index in [2.05, 4.69) is 27.3 Å². The van der Waals surface area contributed by atoms with E-state index in [9.17, 15) is 4.79 Å². The molecule has 0 aliphatic carbocycles. The molecule has 2 aliphatic heterocycles. The molecule has 1 N–H and O–H groups in total. The van der Waals surface area contributed by atoms with Gasteiger partial charge in [-0.3, -0.25) is 4.79 Å². The summed E-state index contributed by atoms with van der Waals surface area (Å²) in [6.07, 6.45) is 2.44. The molecule has 0 spiro atoms. The molecule has 2 aliphatic rings. The van der Waals surface area contributed by atoms with E-state index in [1.165, 1.54) is 5.56 Å². The summed E-state index contributed by atoms with van der Waals surface area (Å²) in [6, 6.07) is 4.08. The van der Waals surface area contributed by atoms with Gasteiger partial charge in [-0.2, -0.15) is 0 Å². The Hall–Kier alpha value is -1.07. The third kappa shape index (κ3) is 2.77. The fraction of sp³-hybridized carbons (Fsp3) is 0.500. The molecule has 0 bridgehead atoms. The van der Waals surface area contributed by atoms with Crippen molar-refractivity contribution < 1.29 is 14.3 Å². The molecule has 102 valence electrons. The zero-order valence-corrected chi connectivity index (χ0v) is 12.2. The third-order valence-electron chi connectivity index (χ3n) is 3.50. The van der Waals surface area contributed by atoms with Crippen molar-refractivity contribution in [3.8, 4) is 5.75 Å². The van der Waals surface area contributed by atoms with E-state index in [0.29, 0.717) is 13.2 Å². The van der Waals surface area contributed by atoms with Crippen LogP contribution in [0.5, 0.6) is 5.75 Å². The van der Waals surface area contributed by atoms with E-state index in [4.69, 9.17) is 9.47 Å². The van der Waals surface area contributed by atoms with Gasteiger partial charge in [0.05, 0.1) is 6.61 Å². The Balaban J connectivity index is 1.68. The molecule has 1 aromatic rings. The summed E-state index contributed by atoms with van der Waals surface area (Å²) >= 11 is 3.50. The fourth-order valence-corrected chi connectivity index (χ4v) is 3.11. The zero-order chi connectivity index (χ0) is 13.2. The first-order chi connectivity index (χ1) is 9.24. The molecule has 1 aromatic carbocycles. The maximum atomic E-state index is 11.9. The second kappa shape index (κ2) is 5.51. The fourth-order valence-electron chi connectivity index (χ4n) is 2.56. The van der Waals surface area contributed by atoms with Crippen LogP contribution in [0.4, 0.5) is 0 Å². The molecule has 4 nitrogen and oxygen atoms in total. The number of hydrogen-bond donors (Lipinski definition) is 1. The monoisotopic (exact) mass is 325 g/mol. The van der Waals surface area contributed by atoms with Crippen molar-refractivity contribution in [3.05, 3.63) is 27.7 Å². The Morgan fingerprint density at radius 2 is 2.32 bits per heavy atom. The minimum atomic E-state index is -0.277. The van der Waals surface area contributed by atoms with Gasteiger partial charge in [-0.05, 0) is 30.5 Å². The van der Waals surface area contributed by atoms with Gasteiger partial charge in [-0.1, -0.05) is 15.9 Å². The summed E-state index contributed by atoms with van der Waals surface area (Å²) in [7, 11) is 0. The van der Waals surface area contributed by atoms with Crippen LogP contribution in [-0.2, 0) is 22.5 Å². The Kier molecular flexibility index (Phi) is 3.75. The highest BCUT2D eigenvalue weighted by Gasteiger charge is 2.24. The lowest BCUT2D eigenvalue weighted by Gasteiger charge is -2.13. The quantitative estimate of drug-likeness (QED) is 0.926. The van der Waals surface area contributed by atoms with Gasteiger partial charge in [0.2, 0.25) is 5.91 Å². The summed E-state index contributed by atoms with van der Waals surface area (Å²) in [6.45, 7) is 1.90. The van der Waals surface area contributed by atoms with Crippen molar-refractivity contribution in [1.82, 2.24) is 5.32 Å². The summed E-state index contributed by atoms with van der Waals surface area (Å²) in [5.74, 6) is 0.903. The standard InChI is InChI=1S/C14H16BrNO3/c15-11-6-9-3-5-19-13(9)10(7-11)8-16-14(17)12-2-1-4-18-12/h6-7,12H,1-5,8H2,(H,16,17)/t12-/m0/s1. The number of hydrogen-bond acceptors (Lipinski definition) is 3. The molecule has 3 rings (SSSR count). The van der Waals surface area contributed by atoms with Crippen LogP contribution < -0.4 is 10.1 Å². The second-order valence-electron chi connectivity index (χ2n) is 4.87. The first-order valence-corrected chi connectivity index (χ1v) is 7.37. The van der Waals surface area contributed by atoms with Gasteiger partial charge in [0.15, 0.2) is 0 Å². The number of ether oxygens (including phenoxy) is 2. The number of nitrogens with one attached hydrogen (secondary N) is 1. The highest BCUT2D eigenvalue weighted by Crippen LogP contribution is 2.32. The van der Waals surface area contributed by atoms with Gasteiger partial charge >= 0.3 is 0 Å². The number of benzene rings is 1. The minimum absolute atomic E-state index is 0.0239. The van der Waals surface area contributed by atoms with Crippen molar-refractivity contribution in [2.75, 3.05) is 13.2 Å². The van der Waals surface area contributed by atoms with Gasteiger partial charge in [0.25, 0.3) is 0 Å². The average molecular weight is 326 g/mol. The summed E-state index contributed by atoms with van der Waals surface area (Å²) in [4.78, 5) is 11.9. The lowest BCUT2D eigenvalue weighted by atomic mass is 10.1. The Morgan fingerprint density at radius 1 is 1.42 bits per heavy atom. The molecule has 19 heavy (non-hydrogen) atoms. The summed E-state index contributed by atoms with van der Waals surface area (Å²) < 4.78 is 12.0. The topological polar surface area (TPSA) is 47.6 Å². The number of halogens is 1. The lowest BCUT2D eigenvalue weighted by molar-refractivity contribution is -0.130. The number of carbonyl (C=O) groups excluding carboxylic acids is 1. The van der Waals surface area contributed by atoms with Gasteiger partial charge in [-0.15, -0.1) is 0 Å². The molecule has 0 radical (unpaired) electrons. The van der Waals surface area contributed by atoms with Gasteiger partial charge in [0.1, 0.15) is 11.9 Å². The molecule has 0 aromatic heterocycles. The molecule has 5 heteroatoms. The second-order valence-corrected chi connectivity index (χ2v) is 5.79. The van der Waals surface area contributed by atoms with Crippen molar-refractivity contribution in [3.63, 3.8) is 0 Å². The number of fused-ring (bicyclic) bond motifs is 1. The van der Waals surface area contributed by atoms with Crippen molar-refractivity contribution in [1.29, 1.82) is 0 Å². The van der Waals surface area contributed by atoms with E-state index in [0.717, 1.165) is 41.7 Å². The Labute approximate surface area is 120 Å². The van der Waals surface area contributed by atoms with Crippen molar-refractivity contribution in [2.24, 2.45) is 0 Å². The minimum Gasteiger partial charge on any atom is -0.493 e. The predicted molar refractivity (Wildman–Crippen MR) is 74.2 cm³/mol. The Morgan fingerprint density at radius 3 is 3.11 bits per heavy atom. The zero-order valence-electron chi connectivity index (χ0n) is 10.6. The van der Waals surface area contributed by atoms with Crippen LogP contribution in [0.3, 0.4) is 0 Å². The van der Waals surface area contributed by atoms with Crippen molar-refractivity contribution in [2.45, 2.75) is 31.9 Å². The average Bonchev–Trinajstić information content (AvgIpc) is 3.05. The molecule has 1 fully saturated rings. The van der Waals surface area contributed by atoms with Crippen LogP contribution in [0.2, 0.25) is 0 Å². The normalized spacial score (nSPS) is 21.0. The lowest BCUT2D eigenvalue weighted by Crippen LogP contribution is -2.33. The number of rotatable bonds is 3. The largest absolute Gasteiger partial charge is 0.493 e. The number of carbonyl (C=O) groups is 1. The molecule has 1 amide bonds. The summed E-state index contributed by atoms with van der Waals surface area (Å²) in [5, 5.41) is 2.93. The van der Waals surface area contributed by atoms with Crippen LogP contribution in [0, 0.1) is 0 Å². The van der Waals surface area contributed by atoms with E-state index < -0.39 is 0 Å². The van der Waals surface area contributed by atoms with E-state index in [-0.39, 0.29) is 12.0 Å². The molecule has 0 unspecified atom stereocenters. The summed E-state index contributed by atoms with van der Waals surface area (Å²) in [5.41, 5.74) is 2.23. The maximum Gasteiger partial charge on any atom is 0.249 e. The van der Waals surface area contributed by atoms with Gasteiger partial charge in [0, 0.05) is 29.6 Å². The molecule has 0 saturated carbocycles. The highest BCUT2D eigenvalue weighted by atomic mass is 79.9. The van der Waals surface area contributed by atoms with Gasteiger partial charge in [-0.25, -0.2) is 0 Å². The van der Waals surface area contributed by atoms with Crippen LogP contribution in [0.15, 0.2) is 16.6 Å². The van der Waals surface area contributed by atoms with Crippen LogP contribution in [0.1, 0.15) is 24.0 Å². The third-order valence-corrected chi connectivity index (χ3v) is 3.96. The highest BCUT2D eigenvalue weighted by molar-refractivity contribution is 9.10.